The highest BCUT2D eigenvalue weighted by molar-refractivity contribution is 6.31. The summed E-state index contributed by atoms with van der Waals surface area (Å²) in [4.78, 5) is 34.4. The fraction of sp³-hybridized carbons (Fsp3) is 0. The standard InChI is InChI=1S/C15H8ClN3O5/c16-9-5-8(13(20)12(6-9)19(23)24)7-17-18-14(21)10-3-1-2-4-11(10)15(18)22/h1-7,20H/b17-7-. The van der Waals surface area contributed by atoms with Gasteiger partial charge in [-0.1, -0.05) is 23.7 Å². The van der Waals surface area contributed by atoms with E-state index in [1.807, 2.05) is 0 Å². The first-order valence-corrected chi connectivity index (χ1v) is 6.96. The van der Waals surface area contributed by atoms with Gasteiger partial charge in [-0.05, 0) is 18.2 Å². The number of nitrogens with zero attached hydrogens (tertiary/aromatic N) is 3. The van der Waals surface area contributed by atoms with Crippen LogP contribution >= 0.6 is 11.6 Å². The number of fused-ring (bicyclic) bond motifs is 1. The third-order valence-corrected chi connectivity index (χ3v) is 3.58. The molecular formula is C15H8ClN3O5. The molecule has 2 aromatic carbocycles. The maximum absolute atomic E-state index is 12.1. The molecule has 3 rings (SSSR count). The van der Waals surface area contributed by atoms with Gasteiger partial charge in [-0.3, -0.25) is 19.7 Å². The number of carbonyl (C=O) groups excluding carboxylic acids is 2. The number of halogens is 1. The lowest BCUT2D eigenvalue weighted by Crippen LogP contribution is -2.24. The first-order chi connectivity index (χ1) is 11.4. The van der Waals surface area contributed by atoms with Crippen molar-refractivity contribution in [3.63, 3.8) is 0 Å². The van der Waals surface area contributed by atoms with Gasteiger partial charge in [0.1, 0.15) is 0 Å². The summed E-state index contributed by atoms with van der Waals surface area (Å²) < 4.78 is 0. The van der Waals surface area contributed by atoms with Crippen molar-refractivity contribution in [3.05, 3.63) is 68.2 Å². The molecule has 2 aromatic rings. The van der Waals surface area contributed by atoms with Gasteiger partial charge in [0.05, 0.1) is 22.3 Å². The topological polar surface area (TPSA) is 113 Å². The molecule has 9 heteroatoms. The van der Waals surface area contributed by atoms with Crippen LogP contribution in [-0.4, -0.2) is 33.1 Å². The van der Waals surface area contributed by atoms with Gasteiger partial charge < -0.3 is 5.11 Å². The number of hydrogen-bond acceptors (Lipinski definition) is 6. The lowest BCUT2D eigenvalue weighted by molar-refractivity contribution is -0.385. The van der Waals surface area contributed by atoms with Crippen LogP contribution in [0.25, 0.3) is 0 Å². The van der Waals surface area contributed by atoms with Gasteiger partial charge in [0.15, 0.2) is 0 Å². The normalized spacial score (nSPS) is 13.6. The molecule has 0 saturated heterocycles. The Bertz CT molecular complexity index is 890. The van der Waals surface area contributed by atoms with E-state index >= 15 is 0 Å². The fourth-order valence-electron chi connectivity index (χ4n) is 2.24. The highest BCUT2D eigenvalue weighted by atomic mass is 35.5. The molecule has 0 radical (unpaired) electrons. The molecule has 0 aromatic heterocycles. The van der Waals surface area contributed by atoms with Crippen molar-refractivity contribution in [1.82, 2.24) is 5.01 Å². The molecule has 0 saturated carbocycles. The highest BCUT2D eigenvalue weighted by Gasteiger charge is 2.35. The number of amides is 2. The molecule has 1 aliphatic heterocycles. The Morgan fingerprint density at radius 2 is 1.75 bits per heavy atom. The molecule has 2 amide bonds. The van der Waals surface area contributed by atoms with Crippen LogP contribution in [0.2, 0.25) is 5.02 Å². The maximum Gasteiger partial charge on any atom is 0.312 e. The van der Waals surface area contributed by atoms with Gasteiger partial charge >= 0.3 is 5.69 Å². The van der Waals surface area contributed by atoms with Crippen molar-refractivity contribution >= 4 is 35.3 Å². The summed E-state index contributed by atoms with van der Waals surface area (Å²) >= 11 is 5.77. The maximum atomic E-state index is 12.1. The van der Waals surface area contributed by atoms with Crippen LogP contribution in [0.15, 0.2) is 41.5 Å². The van der Waals surface area contributed by atoms with Crippen molar-refractivity contribution in [2.75, 3.05) is 0 Å². The van der Waals surface area contributed by atoms with E-state index in [1.165, 1.54) is 18.2 Å². The zero-order valence-electron chi connectivity index (χ0n) is 11.8. The Balaban J connectivity index is 1.97. The SMILES string of the molecule is O=C1c2ccccc2C(=O)N1/N=C\c1cc(Cl)cc([N+](=O)[O-])c1O. The Kier molecular flexibility index (Phi) is 3.74. The Morgan fingerprint density at radius 1 is 1.17 bits per heavy atom. The van der Waals surface area contributed by atoms with Gasteiger partial charge in [0, 0.05) is 16.7 Å². The number of hydrogen-bond donors (Lipinski definition) is 1. The summed E-state index contributed by atoms with van der Waals surface area (Å²) in [6.07, 6.45) is 0.968. The molecule has 0 aliphatic carbocycles. The molecule has 24 heavy (non-hydrogen) atoms. The molecule has 1 aliphatic rings. The number of carbonyl (C=O) groups is 2. The predicted molar refractivity (Wildman–Crippen MR) is 84.3 cm³/mol. The molecule has 0 fully saturated rings. The van der Waals surface area contributed by atoms with Crippen LogP contribution in [0.3, 0.4) is 0 Å². The van der Waals surface area contributed by atoms with E-state index in [4.69, 9.17) is 11.6 Å². The number of nitro groups is 1. The van der Waals surface area contributed by atoms with E-state index in [2.05, 4.69) is 5.10 Å². The summed E-state index contributed by atoms with van der Waals surface area (Å²) in [5.41, 5.74) is -0.279. The van der Waals surface area contributed by atoms with Gasteiger partial charge in [-0.15, -0.1) is 0 Å². The van der Waals surface area contributed by atoms with Crippen LogP contribution in [0.5, 0.6) is 5.75 Å². The van der Waals surface area contributed by atoms with Gasteiger partial charge in [0.2, 0.25) is 5.75 Å². The largest absolute Gasteiger partial charge is 0.502 e. The minimum atomic E-state index is -0.805. The second-order valence-corrected chi connectivity index (χ2v) is 5.27. The van der Waals surface area contributed by atoms with Gasteiger partial charge in [0.25, 0.3) is 11.8 Å². The van der Waals surface area contributed by atoms with Gasteiger partial charge in [-0.2, -0.15) is 10.1 Å². The molecule has 120 valence electrons. The molecule has 0 unspecified atom stereocenters. The third kappa shape index (κ3) is 2.48. The zero-order chi connectivity index (χ0) is 17.4. The zero-order valence-corrected chi connectivity index (χ0v) is 12.6. The van der Waals surface area contributed by atoms with Crippen LogP contribution in [0.1, 0.15) is 26.3 Å². The third-order valence-electron chi connectivity index (χ3n) is 3.37. The summed E-state index contributed by atoms with van der Waals surface area (Å²) in [5, 5.41) is 25.1. The number of rotatable bonds is 3. The Hall–Kier alpha value is -3.26. The minimum Gasteiger partial charge on any atom is -0.502 e. The smallest absolute Gasteiger partial charge is 0.312 e. The predicted octanol–water partition coefficient (Wildman–Crippen LogP) is 2.58. The monoisotopic (exact) mass is 345 g/mol. The van der Waals surface area contributed by atoms with Crippen LogP contribution in [-0.2, 0) is 0 Å². The average molecular weight is 346 g/mol. The summed E-state index contributed by atoms with van der Waals surface area (Å²) in [7, 11) is 0. The number of phenols is 1. The lowest BCUT2D eigenvalue weighted by Gasteiger charge is -2.06. The summed E-state index contributed by atoms with van der Waals surface area (Å²) in [6, 6.07) is 8.42. The van der Waals surface area contributed by atoms with Crippen LogP contribution in [0, 0.1) is 10.1 Å². The number of phenolic OH excluding ortho intramolecular Hbond substituents is 1. The molecule has 8 nitrogen and oxygen atoms in total. The quantitative estimate of drug-likeness (QED) is 0.397. The van der Waals surface area contributed by atoms with E-state index in [1.54, 1.807) is 12.1 Å². The molecule has 1 heterocycles. The molecule has 1 N–H and O–H groups in total. The average Bonchev–Trinajstić information content (AvgIpc) is 2.79. The van der Waals surface area contributed by atoms with Crippen LogP contribution < -0.4 is 0 Å². The van der Waals surface area contributed by atoms with Crippen molar-refractivity contribution in [1.29, 1.82) is 0 Å². The summed E-state index contributed by atoms with van der Waals surface area (Å²) in [6.45, 7) is 0. The molecule has 0 bridgehead atoms. The summed E-state index contributed by atoms with van der Waals surface area (Å²) in [5.74, 6) is -1.91. The first kappa shape index (κ1) is 15.6. The molecule has 0 atom stereocenters. The van der Waals surface area contributed by atoms with E-state index in [-0.39, 0.29) is 21.7 Å². The molecule has 0 spiro atoms. The molecular weight excluding hydrogens is 338 g/mol. The lowest BCUT2D eigenvalue weighted by atomic mass is 10.1. The number of benzene rings is 2. The van der Waals surface area contributed by atoms with Crippen molar-refractivity contribution < 1.29 is 19.6 Å². The highest BCUT2D eigenvalue weighted by Crippen LogP contribution is 2.32. The second-order valence-electron chi connectivity index (χ2n) is 4.83. The number of hydrazone groups is 1. The van der Waals surface area contributed by atoms with Crippen molar-refractivity contribution in [2.45, 2.75) is 0 Å². The second kappa shape index (κ2) is 5.74. The van der Waals surface area contributed by atoms with E-state index in [0.29, 0.717) is 5.01 Å². The fourth-order valence-corrected chi connectivity index (χ4v) is 2.47. The number of imide groups is 1. The number of nitro benzene ring substituents is 1. The number of aromatic hydroxyl groups is 1. The van der Waals surface area contributed by atoms with E-state index in [0.717, 1.165) is 12.3 Å². The first-order valence-electron chi connectivity index (χ1n) is 6.59. The minimum absolute atomic E-state index is 0.00307. The van der Waals surface area contributed by atoms with Gasteiger partial charge in [-0.25, -0.2) is 0 Å². The Morgan fingerprint density at radius 3 is 2.29 bits per heavy atom. The van der Waals surface area contributed by atoms with Crippen molar-refractivity contribution in [3.8, 4) is 5.75 Å². The van der Waals surface area contributed by atoms with E-state index < -0.39 is 28.2 Å². The van der Waals surface area contributed by atoms with Crippen molar-refractivity contribution in [2.24, 2.45) is 5.10 Å². The Labute approximate surface area is 139 Å². The van der Waals surface area contributed by atoms with Crippen LogP contribution in [0.4, 0.5) is 5.69 Å². The van der Waals surface area contributed by atoms with E-state index in [9.17, 15) is 24.8 Å².